The fourth-order valence-electron chi connectivity index (χ4n) is 5.63. The summed E-state index contributed by atoms with van der Waals surface area (Å²) in [6.07, 6.45) is 0.306. The number of hydrogen-bond donors (Lipinski definition) is 1. The highest BCUT2D eigenvalue weighted by molar-refractivity contribution is 7.89. The van der Waals surface area contributed by atoms with Crippen LogP contribution in [0.2, 0.25) is 0 Å². The van der Waals surface area contributed by atoms with E-state index in [1.807, 2.05) is 54.6 Å². The van der Waals surface area contributed by atoms with E-state index in [2.05, 4.69) is 10.2 Å². The highest BCUT2D eigenvalue weighted by Crippen LogP contribution is 2.22. The second kappa shape index (κ2) is 17.4. The van der Waals surface area contributed by atoms with Crippen molar-refractivity contribution in [3.8, 4) is 11.5 Å². The third-order valence-electron chi connectivity index (χ3n) is 8.41. The van der Waals surface area contributed by atoms with Gasteiger partial charge in [0.05, 0.1) is 38.4 Å². The molecule has 2 fully saturated rings. The summed E-state index contributed by atoms with van der Waals surface area (Å²) in [6, 6.07) is 22.2. The van der Waals surface area contributed by atoms with Gasteiger partial charge in [-0.15, -0.1) is 0 Å². The molecule has 258 valence electrons. The Balaban J connectivity index is 1.32. The summed E-state index contributed by atoms with van der Waals surface area (Å²) < 4.78 is 49.4. The molecule has 2 amide bonds. The lowest BCUT2D eigenvalue weighted by atomic mass is 10.0. The van der Waals surface area contributed by atoms with E-state index in [1.165, 1.54) is 28.6 Å². The zero-order valence-electron chi connectivity index (χ0n) is 27.3. The third kappa shape index (κ3) is 9.77. The van der Waals surface area contributed by atoms with Gasteiger partial charge in [0.15, 0.2) is 6.61 Å². The second-order valence-corrected chi connectivity index (χ2v) is 13.5. The van der Waals surface area contributed by atoms with Crippen LogP contribution in [-0.4, -0.2) is 120 Å². The minimum atomic E-state index is -3.67. The van der Waals surface area contributed by atoms with Gasteiger partial charge >= 0.3 is 0 Å². The highest BCUT2D eigenvalue weighted by Gasteiger charge is 2.31. The first-order chi connectivity index (χ1) is 23.3. The predicted octanol–water partition coefficient (Wildman–Crippen LogP) is 2.18. The lowest BCUT2D eigenvalue weighted by Crippen LogP contribution is -2.52. The second-order valence-electron chi connectivity index (χ2n) is 11.6. The number of sulfonamides is 1. The monoisotopic (exact) mass is 680 g/mol. The number of benzene rings is 3. The Morgan fingerprint density at radius 2 is 1.46 bits per heavy atom. The summed E-state index contributed by atoms with van der Waals surface area (Å²) in [6.45, 7) is 5.18. The molecule has 2 heterocycles. The molecule has 0 bridgehead atoms. The zero-order valence-corrected chi connectivity index (χ0v) is 28.1. The lowest BCUT2D eigenvalue weighted by molar-refractivity contribution is -0.142. The molecule has 0 aromatic heterocycles. The maximum absolute atomic E-state index is 14.0. The maximum Gasteiger partial charge on any atom is 0.261 e. The largest absolute Gasteiger partial charge is 0.497 e. The van der Waals surface area contributed by atoms with Gasteiger partial charge in [-0.2, -0.15) is 4.31 Å². The fraction of sp³-hybridized carbons (Fsp3) is 0.429. The van der Waals surface area contributed by atoms with Crippen LogP contribution in [0.25, 0.3) is 0 Å². The number of carbonyl (C=O) groups is 2. The molecule has 1 atom stereocenters. The standard InChI is InChI=1S/C35H44N4O8S/c1-44-30-9-7-29(8-10-30)26-39(33(25-28-5-3-2-4-6-28)35(41)36-15-16-37-17-21-45-22-18-37)34(40)27-47-31-11-13-32(14-12-31)48(42,43)38-19-23-46-24-20-38/h2-14,33H,15-27H2,1H3,(H,36,41). The Morgan fingerprint density at radius 1 is 0.833 bits per heavy atom. The summed E-state index contributed by atoms with van der Waals surface area (Å²) in [7, 11) is -2.08. The molecule has 3 aromatic carbocycles. The number of ether oxygens (including phenoxy) is 4. The molecular weight excluding hydrogens is 636 g/mol. The van der Waals surface area contributed by atoms with Crippen molar-refractivity contribution in [1.82, 2.24) is 19.4 Å². The van der Waals surface area contributed by atoms with E-state index in [1.54, 1.807) is 12.0 Å². The molecule has 0 saturated carbocycles. The minimum absolute atomic E-state index is 0.140. The molecule has 12 nitrogen and oxygen atoms in total. The predicted molar refractivity (Wildman–Crippen MR) is 179 cm³/mol. The molecule has 0 spiro atoms. The van der Waals surface area contributed by atoms with E-state index in [-0.39, 0.29) is 29.9 Å². The summed E-state index contributed by atoms with van der Waals surface area (Å²) in [4.78, 5) is 31.8. The van der Waals surface area contributed by atoms with E-state index in [9.17, 15) is 18.0 Å². The molecular formula is C35H44N4O8S. The molecule has 2 aliphatic heterocycles. The molecule has 0 radical (unpaired) electrons. The molecule has 2 saturated heterocycles. The Morgan fingerprint density at radius 3 is 2.10 bits per heavy atom. The lowest BCUT2D eigenvalue weighted by Gasteiger charge is -2.32. The zero-order chi connectivity index (χ0) is 33.8. The Kier molecular flexibility index (Phi) is 12.8. The van der Waals surface area contributed by atoms with Gasteiger partial charge in [-0.3, -0.25) is 14.5 Å². The molecule has 1 N–H and O–H groups in total. The summed E-state index contributed by atoms with van der Waals surface area (Å²) in [5, 5.41) is 3.07. The molecule has 5 rings (SSSR count). The number of morpholine rings is 2. The van der Waals surface area contributed by atoms with E-state index in [4.69, 9.17) is 18.9 Å². The smallest absolute Gasteiger partial charge is 0.261 e. The van der Waals surface area contributed by atoms with Crippen LogP contribution in [0.1, 0.15) is 11.1 Å². The van der Waals surface area contributed by atoms with Crippen molar-refractivity contribution >= 4 is 21.8 Å². The first kappa shape index (κ1) is 35.3. The van der Waals surface area contributed by atoms with Crippen LogP contribution in [0, 0.1) is 0 Å². The summed E-state index contributed by atoms with van der Waals surface area (Å²) in [5.74, 6) is 0.371. The van der Waals surface area contributed by atoms with Crippen molar-refractivity contribution in [1.29, 1.82) is 0 Å². The van der Waals surface area contributed by atoms with Crippen molar-refractivity contribution in [3.05, 3.63) is 90.0 Å². The van der Waals surface area contributed by atoms with E-state index in [0.717, 1.165) is 24.2 Å². The van der Waals surface area contributed by atoms with Crippen LogP contribution in [0.4, 0.5) is 0 Å². The van der Waals surface area contributed by atoms with Crippen molar-refractivity contribution in [3.63, 3.8) is 0 Å². The minimum Gasteiger partial charge on any atom is -0.497 e. The molecule has 0 aliphatic carbocycles. The fourth-order valence-corrected chi connectivity index (χ4v) is 7.04. The molecule has 13 heteroatoms. The average molecular weight is 681 g/mol. The maximum atomic E-state index is 14.0. The number of methoxy groups -OCH3 is 1. The van der Waals surface area contributed by atoms with Crippen molar-refractivity contribution < 1.29 is 37.0 Å². The van der Waals surface area contributed by atoms with E-state index in [0.29, 0.717) is 70.5 Å². The normalized spacial score (nSPS) is 16.5. The third-order valence-corrected chi connectivity index (χ3v) is 10.3. The number of hydrogen-bond acceptors (Lipinski definition) is 9. The quantitative estimate of drug-likeness (QED) is 0.257. The van der Waals surface area contributed by atoms with Gasteiger partial charge in [0.1, 0.15) is 17.5 Å². The number of amides is 2. The van der Waals surface area contributed by atoms with Gasteiger partial charge in [0, 0.05) is 52.2 Å². The Bertz CT molecular complexity index is 1560. The summed E-state index contributed by atoms with van der Waals surface area (Å²) in [5.41, 5.74) is 1.73. The van der Waals surface area contributed by atoms with Crippen LogP contribution in [-0.2, 0) is 42.1 Å². The first-order valence-electron chi connectivity index (χ1n) is 16.2. The average Bonchev–Trinajstić information content (AvgIpc) is 3.13. The van der Waals surface area contributed by atoms with Gasteiger partial charge in [-0.25, -0.2) is 8.42 Å². The van der Waals surface area contributed by atoms with Gasteiger partial charge in [0.25, 0.3) is 5.91 Å². The van der Waals surface area contributed by atoms with Gasteiger partial charge in [0.2, 0.25) is 15.9 Å². The first-order valence-corrected chi connectivity index (χ1v) is 17.6. The molecule has 3 aromatic rings. The number of nitrogens with one attached hydrogen (secondary N) is 1. The van der Waals surface area contributed by atoms with Gasteiger partial charge < -0.3 is 29.2 Å². The Labute approximate surface area is 282 Å². The van der Waals surface area contributed by atoms with E-state index < -0.39 is 16.1 Å². The van der Waals surface area contributed by atoms with Crippen molar-refractivity contribution in [2.75, 3.05) is 79.4 Å². The van der Waals surface area contributed by atoms with Crippen molar-refractivity contribution in [2.24, 2.45) is 0 Å². The highest BCUT2D eigenvalue weighted by atomic mass is 32.2. The Hall–Kier alpha value is -4.01. The van der Waals surface area contributed by atoms with Crippen LogP contribution >= 0.6 is 0 Å². The number of nitrogens with zero attached hydrogens (tertiary/aromatic N) is 3. The molecule has 2 aliphatic rings. The topological polar surface area (TPSA) is 127 Å². The summed E-state index contributed by atoms with van der Waals surface area (Å²) >= 11 is 0. The van der Waals surface area contributed by atoms with Crippen molar-refractivity contribution in [2.45, 2.75) is 23.9 Å². The van der Waals surface area contributed by atoms with Crippen LogP contribution in [0.5, 0.6) is 11.5 Å². The number of rotatable bonds is 15. The van der Waals surface area contributed by atoms with Crippen LogP contribution < -0.4 is 14.8 Å². The van der Waals surface area contributed by atoms with Crippen LogP contribution in [0.3, 0.4) is 0 Å². The molecule has 1 unspecified atom stereocenters. The van der Waals surface area contributed by atoms with Gasteiger partial charge in [-0.1, -0.05) is 42.5 Å². The van der Waals surface area contributed by atoms with Gasteiger partial charge in [-0.05, 0) is 47.5 Å². The molecule has 48 heavy (non-hydrogen) atoms. The van der Waals surface area contributed by atoms with Crippen LogP contribution in [0.15, 0.2) is 83.8 Å². The SMILES string of the molecule is COc1ccc(CN(C(=O)COc2ccc(S(=O)(=O)N3CCOCC3)cc2)C(Cc2ccccc2)C(=O)NCCN2CCOCC2)cc1. The van der Waals surface area contributed by atoms with E-state index >= 15 is 0 Å². The number of carbonyl (C=O) groups excluding carboxylic acids is 2.